The summed E-state index contributed by atoms with van der Waals surface area (Å²) in [4.78, 5) is 38.4. The maximum Gasteiger partial charge on any atom is 0.251 e. The smallest absolute Gasteiger partial charge is 0.251 e. The van der Waals surface area contributed by atoms with E-state index in [1.165, 1.54) is 4.90 Å². The number of amides is 3. The van der Waals surface area contributed by atoms with Crippen LogP contribution in [-0.4, -0.2) is 48.8 Å². The number of hydrogen-bond donors (Lipinski definition) is 2. The van der Waals surface area contributed by atoms with Gasteiger partial charge in [-0.05, 0) is 43.5 Å². The first-order valence-corrected chi connectivity index (χ1v) is 10.1. The van der Waals surface area contributed by atoms with E-state index in [1.54, 1.807) is 31.3 Å². The van der Waals surface area contributed by atoms with E-state index in [0.29, 0.717) is 30.9 Å². The van der Waals surface area contributed by atoms with Crippen LogP contribution in [0.5, 0.6) is 5.75 Å². The van der Waals surface area contributed by atoms with Crippen molar-refractivity contribution in [3.63, 3.8) is 0 Å². The van der Waals surface area contributed by atoms with Crippen molar-refractivity contribution in [3.8, 4) is 5.75 Å². The number of hydrogen-bond acceptors (Lipinski definition) is 4. The second kappa shape index (κ2) is 9.91. The summed E-state index contributed by atoms with van der Waals surface area (Å²) in [6, 6.07) is 14.4. The average molecular weight is 409 g/mol. The Morgan fingerprint density at radius 1 is 1.13 bits per heavy atom. The second-order valence-corrected chi connectivity index (χ2v) is 7.35. The number of carbonyl (C=O) groups excluding carboxylic acids is 3. The van der Waals surface area contributed by atoms with Gasteiger partial charge >= 0.3 is 0 Å². The van der Waals surface area contributed by atoms with E-state index in [0.717, 1.165) is 17.5 Å². The van der Waals surface area contributed by atoms with E-state index in [-0.39, 0.29) is 24.3 Å². The molecule has 0 bridgehead atoms. The van der Waals surface area contributed by atoms with Crippen LogP contribution in [0.1, 0.15) is 34.3 Å². The molecule has 0 saturated carbocycles. The van der Waals surface area contributed by atoms with Gasteiger partial charge in [0.15, 0.2) is 0 Å². The zero-order chi connectivity index (χ0) is 21.5. The first-order chi connectivity index (χ1) is 14.5. The number of aryl methyl sites for hydroxylation is 1. The van der Waals surface area contributed by atoms with E-state index in [2.05, 4.69) is 10.6 Å². The van der Waals surface area contributed by atoms with Gasteiger partial charge in [-0.3, -0.25) is 14.4 Å². The fourth-order valence-corrected chi connectivity index (χ4v) is 3.56. The van der Waals surface area contributed by atoms with Gasteiger partial charge in [-0.15, -0.1) is 0 Å². The first kappa shape index (κ1) is 21.4. The van der Waals surface area contributed by atoms with Crippen LogP contribution in [0.4, 0.5) is 0 Å². The normalized spacial score (nSPS) is 15.5. The highest BCUT2D eigenvalue weighted by molar-refractivity contribution is 5.97. The Labute approximate surface area is 176 Å². The maximum atomic E-state index is 12.5. The van der Waals surface area contributed by atoms with Crippen molar-refractivity contribution >= 4 is 17.7 Å². The average Bonchev–Trinajstić information content (AvgIpc) is 3.25. The highest BCUT2D eigenvalue weighted by Crippen LogP contribution is 2.18. The van der Waals surface area contributed by atoms with Crippen LogP contribution in [0.2, 0.25) is 0 Å². The lowest BCUT2D eigenvalue weighted by molar-refractivity contribution is -0.137. The van der Waals surface area contributed by atoms with Crippen LogP contribution in [-0.2, 0) is 16.2 Å². The number of ether oxygens (including phenoxy) is 1. The molecule has 1 aliphatic rings. The predicted molar refractivity (Wildman–Crippen MR) is 113 cm³/mol. The minimum absolute atomic E-state index is 0.152. The summed E-state index contributed by atoms with van der Waals surface area (Å²) in [5, 5.41) is 5.23. The summed E-state index contributed by atoms with van der Waals surface area (Å²) in [6.45, 7) is 2.80. The number of benzene rings is 2. The summed E-state index contributed by atoms with van der Waals surface area (Å²) in [6.07, 6.45) is 1.41. The molecule has 2 aromatic rings. The standard InChI is InChI=1S/C23H27N3O4/c1-16-6-3-7-17(12-16)15-30-19-9-4-8-18(13-19)22(28)25-14-21(27)26-11-5-10-20(26)23(29)24-2/h3-4,6-9,12-13,20H,5,10-11,14-15H2,1-2H3,(H,24,29)(H,25,28). The molecule has 7 nitrogen and oxygen atoms in total. The van der Waals surface area contributed by atoms with Gasteiger partial charge < -0.3 is 20.3 Å². The Hall–Kier alpha value is -3.35. The molecular formula is C23H27N3O4. The molecule has 0 spiro atoms. The molecular weight excluding hydrogens is 382 g/mol. The molecule has 0 aliphatic carbocycles. The Kier molecular flexibility index (Phi) is 7.06. The molecule has 1 heterocycles. The third kappa shape index (κ3) is 5.37. The molecule has 2 aromatic carbocycles. The maximum absolute atomic E-state index is 12.5. The molecule has 7 heteroatoms. The number of likely N-dealkylation sites (tertiary alicyclic amines) is 1. The van der Waals surface area contributed by atoms with Gasteiger partial charge in [-0.1, -0.05) is 35.9 Å². The number of likely N-dealkylation sites (N-methyl/N-ethyl adjacent to an activating group) is 1. The van der Waals surface area contributed by atoms with Gasteiger partial charge in [0.25, 0.3) is 5.91 Å². The molecule has 1 unspecified atom stereocenters. The van der Waals surface area contributed by atoms with Crippen molar-refractivity contribution in [2.45, 2.75) is 32.4 Å². The van der Waals surface area contributed by atoms with Crippen LogP contribution < -0.4 is 15.4 Å². The van der Waals surface area contributed by atoms with E-state index < -0.39 is 6.04 Å². The highest BCUT2D eigenvalue weighted by Gasteiger charge is 2.33. The molecule has 1 fully saturated rings. The third-order valence-corrected chi connectivity index (χ3v) is 5.11. The second-order valence-electron chi connectivity index (χ2n) is 7.35. The molecule has 3 rings (SSSR count). The lowest BCUT2D eigenvalue weighted by Gasteiger charge is -2.23. The summed E-state index contributed by atoms with van der Waals surface area (Å²) >= 11 is 0. The molecule has 30 heavy (non-hydrogen) atoms. The molecule has 3 amide bonds. The van der Waals surface area contributed by atoms with Crippen LogP contribution in [0, 0.1) is 6.92 Å². The van der Waals surface area contributed by atoms with Crippen LogP contribution in [0.25, 0.3) is 0 Å². The molecule has 1 aliphatic heterocycles. The zero-order valence-corrected chi connectivity index (χ0v) is 17.3. The molecule has 1 atom stereocenters. The first-order valence-electron chi connectivity index (χ1n) is 10.1. The third-order valence-electron chi connectivity index (χ3n) is 5.11. The number of nitrogens with zero attached hydrogens (tertiary/aromatic N) is 1. The summed E-state index contributed by atoms with van der Waals surface area (Å²) in [5.74, 6) is -0.221. The van der Waals surface area contributed by atoms with Crippen LogP contribution >= 0.6 is 0 Å². The van der Waals surface area contributed by atoms with Crippen LogP contribution in [0.3, 0.4) is 0 Å². The number of carbonyl (C=O) groups is 3. The molecule has 1 saturated heterocycles. The lowest BCUT2D eigenvalue weighted by atomic mass is 10.1. The fraction of sp³-hybridized carbons (Fsp3) is 0.348. The fourth-order valence-electron chi connectivity index (χ4n) is 3.56. The van der Waals surface area contributed by atoms with E-state index in [4.69, 9.17) is 4.74 Å². The molecule has 0 radical (unpaired) electrons. The van der Waals surface area contributed by atoms with Crippen molar-refractivity contribution in [3.05, 3.63) is 65.2 Å². The van der Waals surface area contributed by atoms with Gasteiger partial charge in [-0.2, -0.15) is 0 Å². The van der Waals surface area contributed by atoms with Gasteiger partial charge in [0.2, 0.25) is 11.8 Å². The van der Waals surface area contributed by atoms with Gasteiger partial charge in [0, 0.05) is 19.2 Å². The zero-order valence-electron chi connectivity index (χ0n) is 17.3. The minimum Gasteiger partial charge on any atom is -0.489 e. The van der Waals surface area contributed by atoms with Crippen molar-refractivity contribution in [2.24, 2.45) is 0 Å². The predicted octanol–water partition coefficient (Wildman–Crippen LogP) is 2.04. The van der Waals surface area contributed by atoms with Crippen LogP contribution in [0.15, 0.2) is 48.5 Å². The Balaban J connectivity index is 1.54. The minimum atomic E-state index is -0.460. The Morgan fingerprint density at radius 2 is 1.93 bits per heavy atom. The van der Waals surface area contributed by atoms with Crippen molar-refractivity contribution < 1.29 is 19.1 Å². The summed E-state index contributed by atoms with van der Waals surface area (Å²) in [7, 11) is 1.55. The molecule has 158 valence electrons. The Bertz CT molecular complexity index is 928. The van der Waals surface area contributed by atoms with Crippen molar-refractivity contribution in [1.82, 2.24) is 15.5 Å². The summed E-state index contributed by atoms with van der Waals surface area (Å²) in [5.41, 5.74) is 2.62. The molecule has 2 N–H and O–H groups in total. The van der Waals surface area contributed by atoms with Crippen molar-refractivity contribution in [2.75, 3.05) is 20.1 Å². The SMILES string of the molecule is CNC(=O)C1CCCN1C(=O)CNC(=O)c1cccc(OCc2cccc(C)c2)c1. The van der Waals surface area contributed by atoms with Crippen molar-refractivity contribution in [1.29, 1.82) is 0 Å². The number of nitrogens with one attached hydrogen (secondary N) is 2. The highest BCUT2D eigenvalue weighted by atomic mass is 16.5. The van der Waals surface area contributed by atoms with E-state index in [1.807, 2.05) is 31.2 Å². The number of rotatable bonds is 7. The largest absolute Gasteiger partial charge is 0.489 e. The quantitative estimate of drug-likeness (QED) is 0.733. The molecule has 0 aromatic heterocycles. The lowest BCUT2D eigenvalue weighted by Crippen LogP contribution is -2.48. The van der Waals surface area contributed by atoms with E-state index in [9.17, 15) is 14.4 Å². The topological polar surface area (TPSA) is 87.7 Å². The Morgan fingerprint density at radius 3 is 2.70 bits per heavy atom. The van der Waals surface area contributed by atoms with Gasteiger partial charge in [0.05, 0.1) is 6.54 Å². The monoisotopic (exact) mass is 409 g/mol. The van der Waals surface area contributed by atoms with Gasteiger partial charge in [0.1, 0.15) is 18.4 Å². The van der Waals surface area contributed by atoms with E-state index >= 15 is 0 Å². The van der Waals surface area contributed by atoms with Gasteiger partial charge in [-0.25, -0.2) is 0 Å². The summed E-state index contributed by atoms with van der Waals surface area (Å²) < 4.78 is 5.80.